The molecule has 0 spiro atoms. The van der Waals surface area contributed by atoms with E-state index in [-0.39, 0.29) is 5.91 Å². The first-order valence-electron chi connectivity index (χ1n) is 7.23. The summed E-state index contributed by atoms with van der Waals surface area (Å²) in [4.78, 5) is 16.2. The van der Waals surface area contributed by atoms with E-state index in [9.17, 15) is 4.79 Å². The van der Waals surface area contributed by atoms with Gasteiger partial charge in [0.05, 0.1) is 12.2 Å². The fourth-order valence-electron chi connectivity index (χ4n) is 2.23. The monoisotopic (exact) mass is 283 g/mol. The van der Waals surface area contributed by atoms with Crippen LogP contribution < -0.4 is 11.1 Å². The topological polar surface area (TPSA) is 68.0 Å². The molecule has 1 heterocycles. The van der Waals surface area contributed by atoms with Gasteiger partial charge in [0.1, 0.15) is 0 Å². The molecule has 4 nitrogen and oxygen atoms in total. The first-order chi connectivity index (χ1) is 10.2. The van der Waals surface area contributed by atoms with Gasteiger partial charge < -0.3 is 11.1 Å². The zero-order valence-electron chi connectivity index (χ0n) is 12.3. The minimum absolute atomic E-state index is 0.0325. The Bertz CT molecular complexity index is 610. The number of pyridine rings is 1. The summed E-state index contributed by atoms with van der Waals surface area (Å²) in [6.07, 6.45) is 3.83. The summed E-state index contributed by atoms with van der Waals surface area (Å²) < 4.78 is 0. The Balaban J connectivity index is 1.82. The summed E-state index contributed by atoms with van der Waals surface area (Å²) in [5.41, 5.74) is 9.65. The maximum absolute atomic E-state index is 11.9. The van der Waals surface area contributed by atoms with E-state index in [0.717, 1.165) is 23.4 Å². The van der Waals surface area contributed by atoms with Crippen molar-refractivity contribution < 1.29 is 4.79 Å². The van der Waals surface area contributed by atoms with Gasteiger partial charge in [0, 0.05) is 18.3 Å². The van der Waals surface area contributed by atoms with Crippen molar-refractivity contribution in [1.29, 1.82) is 0 Å². The van der Waals surface area contributed by atoms with Crippen LogP contribution in [0, 0.1) is 0 Å². The van der Waals surface area contributed by atoms with E-state index in [4.69, 9.17) is 5.73 Å². The van der Waals surface area contributed by atoms with Crippen molar-refractivity contribution in [3.05, 3.63) is 59.4 Å². The summed E-state index contributed by atoms with van der Waals surface area (Å²) in [5.74, 6) is 0.0325. The Kier molecular flexibility index (Phi) is 5.32. The van der Waals surface area contributed by atoms with Crippen LogP contribution in [0.2, 0.25) is 0 Å². The molecule has 0 saturated heterocycles. The molecule has 0 saturated carbocycles. The Morgan fingerprint density at radius 2 is 2.14 bits per heavy atom. The number of benzene rings is 1. The number of hydrogen-bond acceptors (Lipinski definition) is 3. The molecule has 0 aliphatic heterocycles. The molecule has 3 N–H and O–H groups in total. The summed E-state index contributed by atoms with van der Waals surface area (Å²) in [7, 11) is 0. The Hall–Kier alpha value is -2.36. The molecule has 0 atom stereocenters. The van der Waals surface area contributed by atoms with Crippen LogP contribution in [0.3, 0.4) is 0 Å². The first kappa shape index (κ1) is 15.0. The van der Waals surface area contributed by atoms with Gasteiger partial charge in [-0.1, -0.05) is 25.1 Å². The van der Waals surface area contributed by atoms with E-state index in [1.54, 1.807) is 6.20 Å². The van der Waals surface area contributed by atoms with E-state index in [2.05, 4.69) is 17.2 Å². The van der Waals surface area contributed by atoms with E-state index in [1.807, 2.05) is 36.4 Å². The molecule has 0 aliphatic rings. The Morgan fingerprint density at radius 1 is 1.29 bits per heavy atom. The van der Waals surface area contributed by atoms with Crippen molar-refractivity contribution in [2.45, 2.75) is 32.7 Å². The van der Waals surface area contributed by atoms with Crippen LogP contribution in [-0.2, 0) is 24.2 Å². The summed E-state index contributed by atoms with van der Waals surface area (Å²) in [6.45, 7) is 2.57. The van der Waals surface area contributed by atoms with Crippen LogP contribution in [0.15, 0.2) is 42.6 Å². The minimum Gasteiger partial charge on any atom is -0.399 e. The van der Waals surface area contributed by atoms with Gasteiger partial charge in [0.25, 0.3) is 0 Å². The predicted octanol–water partition coefficient (Wildman–Crippen LogP) is 2.48. The number of nitrogens with one attached hydrogen (secondary N) is 1. The number of nitrogens with zero attached hydrogens (tertiary/aromatic N) is 1. The fraction of sp³-hybridized carbons (Fsp3) is 0.294. The molecule has 1 aromatic carbocycles. The maximum Gasteiger partial charge on any atom is 0.220 e. The predicted molar refractivity (Wildman–Crippen MR) is 84.6 cm³/mol. The van der Waals surface area contributed by atoms with E-state index >= 15 is 0 Å². The highest BCUT2D eigenvalue weighted by Gasteiger charge is 2.05. The van der Waals surface area contributed by atoms with Gasteiger partial charge >= 0.3 is 0 Å². The normalized spacial score (nSPS) is 10.3. The molecule has 0 unspecified atom stereocenters. The number of nitrogen functional groups attached to an aromatic ring is 1. The van der Waals surface area contributed by atoms with Crippen molar-refractivity contribution in [2.24, 2.45) is 0 Å². The highest BCUT2D eigenvalue weighted by molar-refractivity contribution is 5.76. The third-order valence-corrected chi connectivity index (χ3v) is 3.41. The Morgan fingerprint density at radius 3 is 2.90 bits per heavy atom. The van der Waals surface area contributed by atoms with Gasteiger partial charge in [-0.05, 0) is 42.2 Å². The summed E-state index contributed by atoms with van der Waals surface area (Å²) in [6, 6.07) is 11.6. The molecule has 110 valence electrons. The van der Waals surface area contributed by atoms with E-state index in [0.29, 0.717) is 19.4 Å². The van der Waals surface area contributed by atoms with Gasteiger partial charge in [-0.3, -0.25) is 9.78 Å². The highest BCUT2D eigenvalue weighted by atomic mass is 16.1. The quantitative estimate of drug-likeness (QED) is 0.800. The molecular formula is C17H21N3O. The SMILES string of the molecule is CCc1cccnc1CNC(=O)CCc1cccc(N)c1. The van der Waals surface area contributed by atoms with Gasteiger partial charge in [0.2, 0.25) is 5.91 Å². The van der Waals surface area contributed by atoms with Crippen LogP contribution in [0.25, 0.3) is 0 Å². The lowest BCUT2D eigenvalue weighted by Crippen LogP contribution is -2.24. The molecule has 0 fully saturated rings. The van der Waals surface area contributed by atoms with Gasteiger partial charge in [0.15, 0.2) is 0 Å². The van der Waals surface area contributed by atoms with Crippen LogP contribution in [0.1, 0.15) is 30.2 Å². The van der Waals surface area contributed by atoms with Crippen molar-refractivity contribution in [3.63, 3.8) is 0 Å². The number of carbonyl (C=O) groups excluding carboxylic acids is 1. The minimum atomic E-state index is 0.0325. The molecule has 0 radical (unpaired) electrons. The molecule has 1 amide bonds. The third-order valence-electron chi connectivity index (χ3n) is 3.41. The number of rotatable bonds is 6. The third kappa shape index (κ3) is 4.60. The summed E-state index contributed by atoms with van der Waals surface area (Å²) in [5, 5.41) is 2.93. The number of amides is 1. The lowest BCUT2D eigenvalue weighted by atomic mass is 10.1. The van der Waals surface area contributed by atoms with Crippen LogP contribution >= 0.6 is 0 Å². The van der Waals surface area contributed by atoms with Gasteiger partial charge in [-0.25, -0.2) is 0 Å². The van der Waals surface area contributed by atoms with E-state index in [1.165, 1.54) is 5.56 Å². The molecule has 0 aliphatic carbocycles. The number of anilines is 1. The van der Waals surface area contributed by atoms with Crippen molar-refractivity contribution in [3.8, 4) is 0 Å². The van der Waals surface area contributed by atoms with E-state index < -0.39 is 0 Å². The van der Waals surface area contributed by atoms with Gasteiger partial charge in [-0.15, -0.1) is 0 Å². The standard InChI is InChI=1S/C17H21N3O/c1-2-14-6-4-10-19-16(14)12-20-17(21)9-8-13-5-3-7-15(18)11-13/h3-7,10-11H,2,8-9,12,18H2,1H3,(H,20,21). The van der Waals surface area contributed by atoms with Crippen molar-refractivity contribution in [1.82, 2.24) is 10.3 Å². The number of aromatic nitrogens is 1. The maximum atomic E-state index is 11.9. The zero-order chi connectivity index (χ0) is 15.1. The number of aryl methyl sites for hydroxylation is 2. The fourth-order valence-corrected chi connectivity index (χ4v) is 2.23. The molecular weight excluding hydrogens is 262 g/mol. The lowest BCUT2D eigenvalue weighted by molar-refractivity contribution is -0.121. The van der Waals surface area contributed by atoms with Crippen LogP contribution in [0.5, 0.6) is 0 Å². The molecule has 2 rings (SSSR count). The lowest BCUT2D eigenvalue weighted by Gasteiger charge is -2.08. The highest BCUT2D eigenvalue weighted by Crippen LogP contribution is 2.09. The summed E-state index contributed by atoms with van der Waals surface area (Å²) >= 11 is 0. The number of hydrogen-bond donors (Lipinski definition) is 2. The number of carbonyl (C=O) groups is 1. The first-order valence-corrected chi connectivity index (χ1v) is 7.23. The number of nitrogens with two attached hydrogens (primary N) is 1. The molecule has 21 heavy (non-hydrogen) atoms. The average Bonchev–Trinajstić information content (AvgIpc) is 2.51. The smallest absolute Gasteiger partial charge is 0.220 e. The average molecular weight is 283 g/mol. The largest absolute Gasteiger partial charge is 0.399 e. The van der Waals surface area contributed by atoms with Crippen LogP contribution in [-0.4, -0.2) is 10.9 Å². The molecule has 1 aromatic heterocycles. The van der Waals surface area contributed by atoms with Crippen molar-refractivity contribution >= 4 is 11.6 Å². The Labute approximate surface area is 125 Å². The second-order valence-corrected chi connectivity index (χ2v) is 4.98. The molecule has 0 bridgehead atoms. The van der Waals surface area contributed by atoms with Crippen LogP contribution in [0.4, 0.5) is 5.69 Å². The van der Waals surface area contributed by atoms with Crippen molar-refractivity contribution in [2.75, 3.05) is 5.73 Å². The zero-order valence-corrected chi connectivity index (χ0v) is 12.3. The van der Waals surface area contributed by atoms with Gasteiger partial charge in [-0.2, -0.15) is 0 Å². The molecule has 2 aromatic rings. The molecule has 4 heteroatoms. The second kappa shape index (κ2) is 7.43. The second-order valence-electron chi connectivity index (χ2n) is 4.98.